The van der Waals surface area contributed by atoms with E-state index in [0.29, 0.717) is 0 Å². The number of nitrogens with one attached hydrogen (secondary N) is 1. The highest BCUT2D eigenvalue weighted by molar-refractivity contribution is 5.70. The maximum atomic E-state index is 10.6. The fraction of sp³-hybridized carbons (Fsp3) is 0.545. The van der Waals surface area contributed by atoms with E-state index in [2.05, 4.69) is 13.2 Å². The second kappa shape index (κ2) is 6.39. The Morgan fingerprint density at radius 2 is 1.76 bits per heavy atom. The van der Waals surface area contributed by atoms with Crippen molar-refractivity contribution in [2.24, 2.45) is 11.7 Å². The van der Waals surface area contributed by atoms with E-state index in [0.717, 1.165) is 0 Å². The molecule has 0 aromatic heterocycles. The number of aliphatic hydroxyl groups excluding tert-OH is 2. The van der Waals surface area contributed by atoms with E-state index in [1.165, 1.54) is 12.2 Å². The van der Waals surface area contributed by atoms with Crippen molar-refractivity contribution in [3.63, 3.8) is 0 Å². The standard InChI is InChI=1S/C11H20N2O4/c1-5-7(14)9(8(15)6-2)11(3,4)17-13-10(12)16/h5-9,14-15H,1-2H2,3-4H3,(H3,12,13,16). The lowest BCUT2D eigenvalue weighted by Crippen LogP contribution is -2.51. The highest BCUT2D eigenvalue weighted by Crippen LogP contribution is 2.28. The minimum Gasteiger partial charge on any atom is -0.389 e. The Balaban J connectivity index is 4.93. The molecule has 0 aromatic rings. The van der Waals surface area contributed by atoms with Gasteiger partial charge in [0.25, 0.3) is 0 Å². The topological polar surface area (TPSA) is 105 Å². The Hall–Kier alpha value is -1.37. The van der Waals surface area contributed by atoms with Crippen molar-refractivity contribution in [3.8, 4) is 0 Å². The predicted molar refractivity (Wildman–Crippen MR) is 63.8 cm³/mol. The number of hydrogen-bond acceptors (Lipinski definition) is 4. The zero-order valence-corrected chi connectivity index (χ0v) is 10.1. The fourth-order valence-corrected chi connectivity index (χ4v) is 1.57. The number of urea groups is 1. The van der Waals surface area contributed by atoms with E-state index < -0.39 is 29.8 Å². The van der Waals surface area contributed by atoms with Crippen LogP contribution >= 0.6 is 0 Å². The molecule has 6 heteroatoms. The minimum absolute atomic E-state index is 0.746. The molecule has 98 valence electrons. The van der Waals surface area contributed by atoms with Crippen molar-refractivity contribution < 1.29 is 19.8 Å². The van der Waals surface area contributed by atoms with Gasteiger partial charge >= 0.3 is 6.03 Å². The molecule has 0 saturated carbocycles. The van der Waals surface area contributed by atoms with Gasteiger partial charge in [0.05, 0.1) is 17.8 Å². The first-order chi connectivity index (χ1) is 7.76. The van der Waals surface area contributed by atoms with Gasteiger partial charge in [-0.2, -0.15) is 0 Å². The lowest BCUT2D eigenvalue weighted by atomic mass is 9.81. The number of amides is 2. The van der Waals surface area contributed by atoms with Gasteiger partial charge in [0.15, 0.2) is 0 Å². The monoisotopic (exact) mass is 244 g/mol. The van der Waals surface area contributed by atoms with E-state index in [4.69, 9.17) is 10.6 Å². The van der Waals surface area contributed by atoms with Crippen LogP contribution in [0.5, 0.6) is 0 Å². The minimum atomic E-state index is -1.06. The van der Waals surface area contributed by atoms with Crippen molar-refractivity contribution >= 4 is 6.03 Å². The summed E-state index contributed by atoms with van der Waals surface area (Å²) in [5.41, 5.74) is 5.79. The number of hydroxylamine groups is 1. The molecular formula is C11H20N2O4. The average Bonchev–Trinajstić information content (AvgIpc) is 2.25. The SMILES string of the molecule is C=CC(O)C(C(O)C=C)C(C)(C)ONC(N)=O. The molecule has 0 spiro atoms. The zero-order chi connectivity index (χ0) is 13.6. The van der Waals surface area contributed by atoms with E-state index in [1.54, 1.807) is 13.8 Å². The smallest absolute Gasteiger partial charge is 0.336 e. The summed E-state index contributed by atoms with van der Waals surface area (Å²) in [5, 5.41) is 19.5. The molecule has 0 aliphatic carbocycles. The third kappa shape index (κ3) is 4.56. The molecule has 0 radical (unpaired) electrons. The van der Waals surface area contributed by atoms with Gasteiger partial charge in [-0.15, -0.1) is 13.2 Å². The van der Waals surface area contributed by atoms with Gasteiger partial charge < -0.3 is 15.9 Å². The van der Waals surface area contributed by atoms with Gasteiger partial charge in [-0.05, 0) is 13.8 Å². The average molecular weight is 244 g/mol. The van der Waals surface area contributed by atoms with Crippen LogP contribution in [0.3, 0.4) is 0 Å². The summed E-state index contributed by atoms with van der Waals surface area (Å²) in [6.07, 6.45) is 0.500. The van der Waals surface area contributed by atoms with Crippen LogP contribution < -0.4 is 11.2 Å². The number of hydrogen-bond donors (Lipinski definition) is 4. The maximum absolute atomic E-state index is 10.6. The Morgan fingerprint density at radius 1 is 1.35 bits per heavy atom. The van der Waals surface area contributed by atoms with Crippen LogP contribution in [0.15, 0.2) is 25.3 Å². The van der Waals surface area contributed by atoms with Gasteiger partial charge in [0.2, 0.25) is 0 Å². The van der Waals surface area contributed by atoms with E-state index in [-0.39, 0.29) is 0 Å². The Labute approximate surface area is 101 Å². The van der Waals surface area contributed by atoms with Crippen molar-refractivity contribution in [1.82, 2.24) is 5.48 Å². The van der Waals surface area contributed by atoms with Crippen LogP contribution in [-0.4, -0.2) is 34.1 Å². The van der Waals surface area contributed by atoms with Crippen LogP contribution in [0.25, 0.3) is 0 Å². The molecule has 17 heavy (non-hydrogen) atoms. The lowest BCUT2D eigenvalue weighted by molar-refractivity contribution is -0.143. The van der Waals surface area contributed by atoms with Gasteiger partial charge in [0, 0.05) is 5.92 Å². The first-order valence-corrected chi connectivity index (χ1v) is 5.11. The molecule has 0 heterocycles. The van der Waals surface area contributed by atoms with Crippen molar-refractivity contribution in [2.45, 2.75) is 31.7 Å². The van der Waals surface area contributed by atoms with Crippen molar-refractivity contribution in [2.75, 3.05) is 0 Å². The third-order valence-corrected chi connectivity index (χ3v) is 2.44. The van der Waals surface area contributed by atoms with Gasteiger partial charge in [-0.1, -0.05) is 12.2 Å². The second-order valence-corrected chi connectivity index (χ2v) is 4.15. The van der Waals surface area contributed by atoms with E-state index >= 15 is 0 Å². The van der Waals surface area contributed by atoms with E-state index in [1.807, 2.05) is 5.48 Å². The number of nitrogens with two attached hydrogens (primary N) is 1. The molecule has 2 amide bonds. The van der Waals surface area contributed by atoms with Crippen LogP contribution in [0.4, 0.5) is 4.79 Å². The number of rotatable bonds is 7. The first-order valence-electron chi connectivity index (χ1n) is 5.11. The van der Waals surface area contributed by atoms with Crippen LogP contribution in [0, 0.1) is 5.92 Å². The predicted octanol–water partition coefficient (Wildman–Crippen LogP) is 0.0749. The third-order valence-electron chi connectivity index (χ3n) is 2.44. The summed E-state index contributed by atoms with van der Waals surface area (Å²) in [4.78, 5) is 15.6. The second-order valence-electron chi connectivity index (χ2n) is 4.15. The van der Waals surface area contributed by atoms with E-state index in [9.17, 15) is 15.0 Å². The number of carbonyl (C=O) groups is 1. The van der Waals surface area contributed by atoms with Crippen molar-refractivity contribution in [3.05, 3.63) is 25.3 Å². The summed E-state index contributed by atoms with van der Waals surface area (Å²) in [6, 6.07) is -0.863. The van der Waals surface area contributed by atoms with Crippen LogP contribution in [0.2, 0.25) is 0 Å². The largest absolute Gasteiger partial charge is 0.389 e. The van der Waals surface area contributed by atoms with Gasteiger partial charge in [0.1, 0.15) is 0 Å². The fourth-order valence-electron chi connectivity index (χ4n) is 1.57. The number of aliphatic hydroxyl groups is 2. The molecule has 6 nitrogen and oxygen atoms in total. The summed E-state index contributed by atoms with van der Waals surface area (Å²) >= 11 is 0. The summed E-state index contributed by atoms with van der Waals surface area (Å²) in [5.74, 6) is -0.746. The number of primary amides is 1. The summed E-state index contributed by atoms with van der Waals surface area (Å²) in [6.45, 7) is 10.1. The van der Waals surface area contributed by atoms with Gasteiger partial charge in [-0.3, -0.25) is 4.84 Å². The highest BCUT2D eigenvalue weighted by atomic mass is 16.7. The van der Waals surface area contributed by atoms with Crippen molar-refractivity contribution in [1.29, 1.82) is 0 Å². The molecule has 5 N–H and O–H groups in total. The Morgan fingerprint density at radius 3 is 2.06 bits per heavy atom. The highest BCUT2D eigenvalue weighted by Gasteiger charge is 2.39. The maximum Gasteiger partial charge on any atom is 0.336 e. The van der Waals surface area contributed by atoms with Crippen LogP contribution in [0.1, 0.15) is 13.8 Å². The number of carbonyl (C=O) groups excluding carboxylic acids is 1. The zero-order valence-electron chi connectivity index (χ0n) is 10.1. The first kappa shape index (κ1) is 15.6. The molecular weight excluding hydrogens is 224 g/mol. The van der Waals surface area contributed by atoms with Gasteiger partial charge in [-0.25, -0.2) is 10.3 Å². The molecule has 0 fully saturated rings. The molecule has 2 unspecified atom stereocenters. The molecule has 0 aromatic carbocycles. The Bertz CT molecular complexity index is 277. The Kier molecular flexibility index (Phi) is 5.87. The summed E-state index contributed by atoms with van der Waals surface area (Å²) < 4.78 is 0. The summed E-state index contributed by atoms with van der Waals surface area (Å²) in [7, 11) is 0. The quantitative estimate of drug-likeness (QED) is 0.376. The lowest BCUT2D eigenvalue weighted by Gasteiger charge is -2.37. The molecule has 2 atom stereocenters. The molecule has 0 bridgehead atoms. The normalized spacial score (nSPS) is 16.7. The van der Waals surface area contributed by atoms with Crippen LogP contribution in [-0.2, 0) is 4.84 Å². The molecule has 0 aliphatic heterocycles. The molecule has 0 aliphatic rings. The molecule has 0 saturated heterocycles. The molecule has 0 rings (SSSR count).